The third kappa shape index (κ3) is 5.04. The highest BCUT2D eigenvalue weighted by Crippen LogP contribution is 2.27. The van der Waals surface area contributed by atoms with Gasteiger partial charge in [0.1, 0.15) is 24.2 Å². The van der Waals surface area contributed by atoms with Crippen LogP contribution in [0.15, 0.2) is 47.4 Å². The molecule has 0 aromatic heterocycles. The first-order valence-corrected chi connectivity index (χ1v) is 11.2. The van der Waals surface area contributed by atoms with Gasteiger partial charge in [0.15, 0.2) is 0 Å². The summed E-state index contributed by atoms with van der Waals surface area (Å²) >= 11 is 0. The minimum absolute atomic E-state index is 0.0289. The molecule has 1 saturated heterocycles. The third-order valence-corrected chi connectivity index (χ3v) is 7.02. The molecule has 3 atom stereocenters. The molecule has 0 radical (unpaired) electrons. The number of ether oxygens (including phenoxy) is 2. The summed E-state index contributed by atoms with van der Waals surface area (Å²) in [5.74, 6) is -0.814. The summed E-state index contributed by atoms with van der Waals surface area (Å²) < 4.78 is 52.1. The van der Waals surface area contributed by atoms with Crippen LogP contribution in [0.5, 0.6) is 5.75 Å². The standard InChI is InChI=1S/C21H25FN2O6S/c1-13-4-5-17(22)10-16(13)12-29-18-6-8-19(9-7-18)31(27,28)24-11-14(2)30-15(3)20(24)21(25)23-26/h4-10,14-15,20,26H,11-12H2,1-3H3,(H,23,25)/t14-,15?,20+/m0/s1. The van der Waals surface area contributed by atoms with E-state index < -0.39 is 34.2 Å². The Morgan fingerprint density at radius 1 is 1.26 bits per heavy atom. The number of nitrogens with one attached hydrogen (secondary N) is 1. The first kappa shape index (κ1) is 23.1. The molecule has 10 heteroatoms. The number of hydrogen-bond donors (Lipinski definition) is 2. The summed E-state index contributed by atoms with van der Waals surface area (Å²) in [5.41, 5.74) is 3.08. The van der Waals surface area contributed by atoms with Gasteiger partial charge in [-0.2, -0.15) is 4.31 Å². The molecule has 168 valence electrons. The molecule has 1 unspecified atom stereocenters. The van der Waals surface area contributed by atoms with E-state index in [1.165, 1.54) is 41.9 Å². The van der Waals surface area contributed by atoms with Gasteiger partial charge in [0.05, 0.1) is 17.1 Å². The molecule has 1 amide bonds. The zero-order valence-corrected chi connectivity index (χ0v) is 18.2. The second-order valence-corrected chi connectivity index (χ2v) is 9.37. The Morgan fingerprint density at radius 2 is 1.94 bits per heavy atom. The second-order valence-electron chi connectivity index (χ2n) is 7.48. The van der Waals surface area contributed by atoms with Crippen LogP contribution in [0.3, 0.4) is 0 Å². The van der Waals surface area contributed by atoms with Crippen molar-refractivity contribution in [2.24, 2.45) is 0 Å². The molecular formula is C21H25FN2O6S. The van der Waals surface area contributed by atoms with Crippen LogP contribution >= 0.6 is 0 Å². The number of carbonyl (C=O) groups excluding carboxylic acids is 1. The molecule has 1 aliphatic heterocycles. The van der Waals surface area contributed by atoms with Gasteiger partial charge in [0, 0.05) is 6.54 Å². The maximum absolute atomic E-state index is 13.4. The van der Waals surface area contributed by atoms with E-state index in [1.54, 1.807) is 19.9 Å². The van der Waals surface area contributed by atoms with Crippen molar-refractivity contribution in [2.45, 2.75) is 50.5 Å². The SMILES string of the molecule is Cc1ccc(F)cc1COc1ccc(S(=O)(=O)N2C[C@H](C)OC(C)[C@@H]2C(=O)NO)cc1. The van der Waals surface area contributed by atoms with Crippen LogP contribution in [0.2, 0.25) is 0 Å². The Labute approximate surface area is 180 Å². The van der Waals surface area contributed by atoms with Crippen LogP contribution in [0, 0.1) is 12.7 Å². The highest BCUT2D eigenvalue weighted by molar-refractivity contribution is 7.89. The predicted octanol–water partition coefficient (Wildman–Crippen LogP) is 2.39. The molecule has 0 spiro atoms. The van der Waals surface area contributed by atoms with Crippen molar-refractivity contribution in [1.29, 1.82) is 0 Å². The number of aryl methyl sites for hydroxylation is 1. The molecule has 8 nitrogen and oxygen atoms in total. The smallest absolute Gasteiger partial charge is 0.264 e. The molecule has 0 saturated carbocycles. The van der Waals surface area contributed by atoms with Gasteiger partial charge in [0.2, 0.25) is 10.0 Å². The Morgan fingerprint density at radius 3 is 2.58 bits per heavy atom. The van der Waals surface area contributed by atoms with Gasteiger partial charge in [-0.25, -0.2) is 18.3 Å². The quantitative estimate of drug-likeness (QED) is 0.515. The van der Waals surface area contributed by atoms with Crippen molar-refractivity contribution in [3.05, 3.63) is 59.4 Å². The van der Waals surface area contributed by atoms with E-state index in [-0.39, 0.29) is 23.9 Å². The topological polar surface area (TPSA) is 105 Å². The van der Waals surface area contributed by atoms with Crippen LogP contribution in [-0.2, 0) is 26.2 Å². The molecule has 0 bridgehead atoms. The first-order valence-electron chi connectivity index (χ1n) is 9.72. The molecule has 31 heavy (non-hydrogen) atoms. The second kappa shape index (κ2) is 9.31. The van der Waals surface area contributed by atoms with E-state index in [1.807, 2.05) is 6.92 Å². The number of halogens is 1. The summed E-state index contributed by atoms with van der Waals surface area (Å²) in [5, 5.41) is 9.03. The zero-order chi connectivity index (χ0) is 22.8. The highest BCUT2D eigenvalue weighted by Gasteiger charge is 2.44. The fourth-order valence-electron chi connectivity index (χ4n) is 3.54. The Hall–Kier alpha value is -2.53. The van der Waals surface area contributed by atoms with Crippen molar-refractivity contribution in [3.8, 4) is 5.75 Å². The summed E-state index contributed by atoms with van der Waals surface area (Å²) in [6.07, 6.45) is -1.17. The number of nitrogens with zero attached hydrogens (tertiary/aromatic N) is 1. The number of benzene rings is 2. The maximum Gasteiger partial charge on any atom is 0.264 e. The fourth-order valence-corrected chi connectivity index (χ4v) is 5.27. The van der Waals surface area contributed by atoms with Crippen LogP contribution in [0.25, 0.3) is 0 Å². The van der Waals surface area contributed by atoms with Gasteiger partial charge >= 0.3 is 0 Å². The molecule has 1 aliphatic rings. The number of hydroxylamine groups is 1. The lowest BCUT2D eigenvalue weighted by atomic mass is 10.1. The maximum atomic E-state index is 13.4. The number of carbonyl (C=O) groups is 1. The van der Waals surface area contributed by atoms with Crippen molar-refractivity contribution in [1.82, 2.24) is 9.79 Å². The molecule has 2 aromatic rings. The molecule has 2 N–H and O–H groups in total. The molecule has 3 rings (SSSR count). The van der Waals surface area contributed by atoms with E-state index in [0.717, 1.165) is 9.87 Å². The van der Waals surface area contributed by atoms with Gasteiger partial charge in [0.25, 0.3) is 5.91 Å². The van der Waals surface area contributed by atoms with Gasteiger partial charge < -0.3 is 9.47 Å². The summed E-state index contributed by atoms with van der Waals surface area (Å²) in [4.78, 5) is 12.1. The van der Waals surface area contributed by atoms with Crippen LogP contribution in [0.4, 0.5) is 4.39 Å². The van der Waals surface area contributed by atoms with Gasteiger partial charge in [-0.15, -0.1) is 0 Å². The lowest BCUT2D eigenvalue weighted by molar-refractivity contribution is -0.146. The monoisotopic (exact) mass is 452 g/mol. The summed E-state index contributed by atoms with van der Waals surface area (Å²) in [7, 11) is -4.05. The average molecular weight is 453 g/mol. The predicted molar refractivity (Wildman–Crippen MR) is 110 cm³/mol. The van der Waals surface area contributed by atoms with Crippen LogP contribution in [0.1, 0.15) is 25.0 Å². The first-order chi connectivity index (χ1) is 14.6. The normalized spacial score (nSPS) is 22.2. The summed E-state index contributed by atoms with van der Waals surface area (Å²) in [6.45, 7) is 5.22. The van der Waals surface area contributed by atoms with Crippen molar-refractivity contribution < 1.29 is 32.3 Å². The number of morpholine rings is 1. The highest BCUT2D eigenvalue weighted by atomic mass is 32.2. The fraction of sp³-hybridized carbons (Fsp3) is 0.381. The van der Waals surface area contributed by atoms with Crippen molar-refractivity contribution >= 4 is 15.9 Å². The summed E-state index contributed by atoms with van der Waals surface area (Å²) in [6, 6.07) is 8.96. The van der Waals surface area contributed by atoms with Gasteiger partial charge in [-0.05, 0) is 68.3 Å². The van der Waals surface area contributed by atoms with Crippen LogP contribution in [-0.4, -0.2) is 48.6 Å². The number of sulfonamides is 1. The lowest BCUT2D eigenvalue weighted by Crippen LogP contribution is -2.60. The molecule has 2 aromatic carbocycles. The number of hydrogen-bond acceptors (Lipinski definition) is 6. The third-order valence-electron chi connectivity index (χ3n) is 5.15. The Kier molecular flexibility index (Phi) is 6.95. The molecule has 1 fully saturated rings. The van der Waals surface area contributed by atoms with E-state index in [9.17, 15) is 17.6 Å². The Bertz CT molecular complexity index is 1040. The van der Waals surface area contributed by atoms with E-state index in [2.05, 4.69) is 0 Å². The van der Waals surface area contributed by atoms with E-state index in [4.69, 9.17) is 14.7 Å². The average Bonchev–Trinajstić information content (AvgIpc) is 2.73. The minimum Gasteiger partial charge on any atom is -0.489 e. The Balaban J connectivity index is 1.79. The molecule has 0 aliphatic carbocycles. The molecular weight excluding hydrogens is 427 g/mol. The lowest BCUT2D eigenvalue weighted by Gasteiger charge is -2.40. The van der Waals surface area contributed by atoms with Gasteiger partial charge in [-0.3, -0.25) is 10.0 Å². The van der Waals surface area contributed by atoms with Crippen molar-refractivity contribution in [3.63, 3.8) is 0 Å². The largest absolute Gasteiger partial charge is 0.489 e. The van der Waals surface area contributed by atoms with E-state index >= 15 is 0 Å². The number of rotatable bonds is 6. The van der Waals surface area contributed by atoms with Gasteiger partial charge in [-0.1, -0.05) is 6.07 Å². The van der Waals surface area contributed by atoms with Crippen LogP contribution < -0.4 is 10.2 Å². The zero-order valence-electron chi connectivity index (χ0n) is 17.4. The minimum atomic E-state index is -4.05. The van der Waals surface area contributed by atoms with E-state index in [0.29, 0.717) is 11.3 Å². The van der Waals surface area contributed by atoms with Crippen molar-refractivity contribution in [2.75, 3.05) is 6.54 Å². The number of amides is 1. The molecule has 1 heterocycles.